The maximum absolute atomic E-state index is 12.5. The van der Waals surface area contributed by atoms with Gasteiger partial charge in [0.05, 0.1) is 6.10 Å². The predicted octanol–water partition coefficient (Wildman–Crippen LogP) is 5.39. The molecule has 4 heteroatoms. The molecule has 5 rings (SSSR count). The first-order valence-electron chi connectivity index (χ1n) is 10.7. The average Bonchev–Trinajstić information content (AvgIpc) is 3.25. The standard InChI is InChI=1S/C24H28N2O2/c27-24(17-9-5-2-6-10-17)25-18-11-12-21-20(15-18)23-19(13-14-28-23)22(26-21)16-7-3-1-4-8-16/h2,5-6,9-12,15-16,19,22-23,26H,1,3-4,7-8,13-14H2,(H,25,27)/t19-,22?,23-/m0/s1. The van der Waals surface area contributed by atoms with Crippen LogP contribution in [0, 0.1) is 11.8 Å². The normalized spacial score (nSPS) is 26.8. The van der Waals surface area contributed by atoms with E-state index in [2.05, 4.69) is 22.8 Å². The van der Waals surface area contributed by atoms with Gasteiger partial charge in [0.1, 0.15) is 0 Å². The number of carbonyl (C=O) groups excluding carboxylic acids is 1. The number of carbonyl (C=O) groups is 1. The summed E-state index contributed by atoms with van der Waals surface area (Å²) in [5, 5.41) is 6.90. The van der Waals surface area contributed by atoms with Gasteiger partial charge in [-0.25, -0.2) is 0 Å². The van der Waals surface area contributed by atoms with Gasteiger partial charge in [-0.15, -0.1) is 0 Å². The van der Waals surface area contributed by atoms with Gasteiger partial charge in [-0.1, -0.05) is 37.5 Å². The third kappa shape index (κ3) is 3.30. The molecule has 2 heterocycles. The Kier molecular flexibility index (Phi) is 4.81. The van der Waals surface area contributed by atoms with Crippen LogP contribution < -0.4 is 10.6 Å². The fraction of sp³-hybridized carbons (Fsp3) is 0.458. The summed E-state index contributed by atoms with van der Waals surface area (Å²) in [5.74, 6) is 1.22. The second kappa shape index (κ2) is 7.59. The third-order valence-electron chi connectivity index (χ3n) is 6.73. The zero-order valence-corrected chi connectivity index (χ0v) is 16.2. The highest BCUT2D eigenvalue weighted by Crippen LogP contribution is 2.48. The quantitative estimate of drug-likeness (QED) is 0.755. The van der Waals surface area contributed by atoms with E-state index < -0.39 is 0 Å². The monoisotopic (exact) mass is 376 g/mol. The first-order chi connectivity index (χ1) is 13.8. The van der Waals surface area contributed by atoms with Gasteiger partial charge in [-0.05, 0) is 55.5 Å². The van der Waals surface area contributed by atoms with Crippen molar-refractivity contribution in [2.24, 2.45) is 11.8 Å². The minimum Gasteiger partial charge on any atom is -0.381 e. The summed E-state index contributed by atoms with van der Waals surface area (Å²) in [4.78, 5) is 12.5. The minimum absolute atomic E-state index is 0.0757. The van der Waals surface area contributed by atoms with Crippen LogP contribution >= 0.6 is 0 Å². The van der Waals surface area contributed by atoms with Crippen molar-refractivity contribution in [2.45, 2.75) is 50.7 Å². The molecule has 1 aliphatic carbocycles. The maximum atomic E-state index is 12.5. The Morgan fingerprint density at radius 2 is 1.82 bits per heavy atom. The molecule has 1 saturated carbocycles. The number of nitrogens with one attached hydrogen (secondary N) is 2. The first-order valence-corrected chi connectivity index (χ1v) is 10.7. The van der Waals surface area contributed by atoms with E-state index in [0.717, 1.165) is 24.6 Å². The van der Waals surface area contributed by atoms with E-state index in [1.807, 2.05) is 36.4 Å². The molecule has 1 amide bonds. The van der Waals surface area contributed by atoms with Gasteiger partial charge in [0, 0.05) is 41.1 Å². The van der Waals surface area contributed by atoms with E-state index in [1.54, 1.807) is 0 Å². The van der Waals surface area contributed by atoms with Crippen molar-refractivity contribution in [1.82, 2.24) is 0 Å². The van der Waals surface area contributed by atoms with Crippen LogP contribution in [0.3, 0.4) is 0 Å². The lowest BCUT2D eigenvalue weighted by atomic mass is 9.73. The van der Waals surface area contributed by atoms with E-state index in [0.29, 0.717) is 17.5 Å². The number of amides is 1. The van der Waals surface area contributed by atoms with Crippen LogP contribution in [0.15, 0.2) is 48.5 Å². The lowest BCUT2D eigenvalue weighted by Crippen LogP contribution is -2.42. The van der Waals surface area contributed by atoms with Gasteiger partial charge < -0.3 is 15.4 Å². The summed E-state index contributed by atoms with van der Waals surface area (Å²) in [6.07, 6.45) is 8.05. The molecule has 2 fully saturated rings. The third-order valence-corrected chi connectivity index (χ3v) is 6.73. The topological polar surface area (TPSA) is 50.4 Å². The molecule has 146 valence electrons. The molecule has 28 heavy (non-hydrogen) atoms. The zero-order chi connectivity index (χ0) is 18.9. The molecule has 0 radical (unpaired) electrons. The molecule has 4 nitrogen and oxygen atoms in total. The highest BCUT2D eigenvalue weighted by atomic mass is 16.5. The summed E-state index contributed by atoms with van der Waals surface area (Å²) in [5.41, 5.74) is 3.88. The number of fused-ring (bicyclic) bond motifs is 3. The van der Waals surface area contributed by atoms with Crippen molar-refractivity contribution in [3.8, 4) is 0 Å². The van der Waals surface area contributed by atoms with Crippen LogP contribution in [0.5, 0.6) is 0 Å². The largest absolute Gasteiger partial charge is 0.381 e. The van der Waals surface area contributed by atoms with E-state index in [-0.39, 0.29) is 12.0 Å². The molecule has 2 aromatic carbocycles. The maximum Gasteiger partial charge on any atom is 0.255 e. The lowest BCUT2D eigenvalue weighted by molar-refractivity contribution is 0.0732. The highest BCUT2D eigenvalue weighted by molar-refractivity contribution is 6.04. The first kappa shape index (κ1) is 17.7. The summed E-state index contributed by atoms with van der Waals surface area (Å²) >= 11 is 0. The van der Waals surface area contributed by atoms with Crippen molar-refractivity contribution in [2.75, 3.05) is 17.2 Å². The molecule has 2 N–H and O–H groups in total. The number of rotatable bonds is 3. The number of ether oxygens (including phenoxy) is 1. The van der Waals surface area contributed by atoms with Crippen molar-refractivity contribution in [3.63, 3.8) is 0 Å². The fourth-order valence-corrected chi connectivity index (χ4v) is 5.34. The van der Waals surface area contributed by atoms with E-state index in [1.165, 1.54) is 43.4 Å². The fourth-order valence-electron chi connectivity index (χ4n) is 5.34. The number of hydrogen-bond acceptors (Lipinski definition) is 3. The van der Waals surface area contributed by atoms with Crippen LogP contribution in [-0.2, 0) is 4.74 Å². The van der Waals surface area contributed by atoms with Gasteiger partial charge >= 0.3 is 0 Å². The molecule has 0 bridgehead atoms. The van der Waals surface area contributed by atoms with Crippen molar-refractivity contribution in [3.05, 3.63) is 59.7 Å². The molecule has 2 aromatic rings. The van der Waals surface area contributed by atoms with Gasteiger partial charge in [0.2, 0.25) is 0 Å². The second-order valence-electron chi connectivity index (χ2n) is 8.43. The Bertz CT molecular complexity index is 845. The molecule has 2 aliphatic heterocycles. The van der Waals surface area contributed by atoms with Crippen LogP contribution in [0.4, 0.5) is 11.4 Å². The summed E-state index contributed by atoms with van der Waals surface area (Å²) in [6, 6.07) is 16.1. The van der Waals surface area contributed by atoms with Gasteiger partial charge in [0.15, 0.2) is 0 Å². The molecule has 1 unspecified atom stereocenters. The zero-order valence-electron chi connectivity index (χ0n) is 16.2. The van der Waals surface area contributed by atoms with Crippen LogP contribution in [0.25, 0.3) is 0 Å². The Balaban J connectivity index is 1.39. The van der Waals surface area contributed by atoms with Crippen molar-refractivity contribution in [1.29, 1.82) is 0 Å². The molecular formula is C24H28N2O2. The van der Waals surface area contributed by atoms with Gasteiger partial charge in [0.25, 0.3) is 5.91 Å². The van der Waals surface area contributed by atoms with E-state index in [9.17, 15) is 4.79 Å². The Morgan fingerprint density at radius 1 is 1.00 bits per heavy atom. The molecular weight excluding hydrogens is 348 g/mol. The summed E-state index contributed by atoms with van der Waals surface area (Å²) in [7, 11) is 0. The SMILES string of the molecule is O=C(Nc1ccc2c(c1)[C@H]1OCC[C@H]1C(C1CCCCC1)N2)c1ccccc1. The Labute approximate surface area is 166 Å². The Morgan fingerprint density at radius 3 is 2.64 bits per heavy atom. The van der Waals surface area contributed by atoms with Crippen molar-refractivity contribution < 1.29 is 9.53 Å². The molecule has 1 saturated heterocycles. The molecule has 3 aliphatic rings. The smallest absolute Gasteiger partial charge is 0.255 e. The van der Waals surface area contributed by atoms with Crippen LogP contribution in [-0.4, -0.2) is 18.6 Å². The summed E-state index contributed by atoms with van der Waals surface area (Å²) < 4.78 is 6.20. The summed E-state index contributed by atoms with van der Waals surface area (Å²) in [6.45, 7) is 0.834. The van der Waals surface area contributed by atoms with Gasteiger partial charge in [-0.2, -0.15) is 0 Å². The lowest BCUT2D eigenvalue weighted by Gasteiger charge is -2.42. The van der Waals surface area contributed by atoms with Crippen LogP contribution in [0.2, 0.25) is 0 Å². The number of hydrogen-bond donors (Lipinski definition) is 2. The van der Waals surface area contributed by atoms with E-state index >= 15 is 0 Å². The van der Waals surface area contributed by atoms with E-state index in [4.69, 9.17) is 4.74 Å². The highest BCUT2D eigenvalue weighted by Gasteiger charge is 2.43. The molecule has 3 atom stereocenters. The number of benzene rings is 2. The molecule has 0 spiro atoms. The minimum atomic E-state index is -0.0757. The van der Waals surface area contributed by atoms with Crippen molar-refractivity contribution >= 4 is 17.3 Å². The second-order valence-corrected chi connectivity index (χ2v) is 8.43. The number of anilines is 2. The molecule has 0 aromatic heterocycles. The van der Waals surface area contributed by atoms with Gasteiger partial charge in [-0.3, -0.25) is 4.79 Å². The predicted molar refractivity (Wildman–Crippen MR) is 112 cm³/mol. The average molecular weight is 377 g/mol. The van der Waals surface area contributed by atoms with Crippen LogP contribution in [0.1, 0.15) is 60.6 Å². The Hall–Kier alpha value is -2.33.